The quantitative estimate of drug-likeness (QED) is 0.862. The van der Waals surface area contributed by atoms with Gasteiger partial charge in [-0.1, -0.05) is 0 Å². The van der Waals surface area contributed by atoms with Gasteiger partial charge >= 0.3 is 0 Å². The van der Waals surface area contributed by atoms with E-state index in [9.17, 15) is 9.90 Å². The predicted octanol–water partition coefficient (Wildman–Crippen LogP) is 1.54. The Kier molecular flexibility index (Phi) is 4.63. The van der Waals surface area contributed by atoms with Crippen molar-refractivity contribution >= 4 is 5.91 Å². The highest BCUT2D eigenvalue weighted by Crippen LogP contribution is 2.09. The minimum Gasteiger partial charge on any atom is -0.393 e. The van der Waals surface area contributed by atoms with Crippen molar-refractivity contribution < 1.29 is 9.90 Å². The van der Waals surface area contributed by atoms with E-state index in [1.165, 1.54) is 0 Å². The minimum atomic E-state index is -0.387. The zero-order valence-electron chi connectivity index (χ0n) is 10.9. The van der Waals surface area contributed by atoms with Crippen molar-refractivity contribution in [2.24, 2.45) is 0 Å². The topological polar surface area (TPSA) is 53.4 Å². The molecule has 0 aliphatic rings. The zero-order valence-corrected chi connectivity index (χ0v) is 10.9. The molecular formula is C13H20N2O2. The van der Waals surface area contributed by atoms with E-state index < -0.39 is 0 Å². The van der Waals surface area contributed by atoms with Crippen LogP contribution >= 0.6 is 0 Å². The van der Waals surface area contributed by atoms with Crippen LogP contribution in [-0.4, -0.2) is 40.6 Å². The van der Waals surface area contributed by atoms with E-state index in [0.717, 1.165) is 11.4 Å². The third-order valence-electron chi connectivity index (χ3n) is 2.68. The lowest BCUT2D eigenvalue weighted by Crippen LogP contribution is -2.30. The Bertz CT molecular complexity index is 402. The van der Waals surface area contributed by atoms with Gasteiger partial charge in [0, 0.05) is 19.3 Å². The standard InChI is InChI=1S/C13H20N2O2/c1-9-5-6-12(11(3)14-9)13(17)15(4)8-7-10(2)16/h5-6,10,16H,7-8H2,1-4H3. The number of aliphatic hydroxyl groups excluding tert-OH is 1. The number of pyridine rings is 1. The number of aromatic nitrogens is 1. The Morgan fingerprint density at radius 1 is 1.47 bits per heavy atom. The summed E-state index contributed by atoms with van der Waals surface area (Å²) in [6.45, 7) is 6.00. The molecule has 4 heteroatoms. The molecule has 1 heterocycles. The first-order chi connectivity index (χ1) is 7.91. The number of rotatable bonds is 4. The van der Waals surface area contributed by atoms with Crippen LogP contribution in [0, 0.1) is 13.8 Å². The highest BCUT2D eigenvalue weighted by molar-refractivity contribution is 5.95. The number of aryl methyl sites for hydroxylation is 2. The lowest BCUT2D eigenvalue weighted by Gasteiger charge is -2.18. The molecule has 0 radical (unpaired) electrons. The first kappa shape index (κ1) is 13.6. The molecule has 17 heavy (non-hydrogen) atoms. The number of hydrogen-bond donors (Lipinski definition) is 1. The summed E-state index contributed by atoms with van der Waals surface area (Å²) in [5.74, 6) is -0.0457. The monoisotopic (exact) mass is 236 g/mol. The van der Waals surface area contributed by atoms with Gasteiger partial charge in [0.05, 0.1) is 17.4 Å². The molecule has 0 spiro atoms. The van der Waals surface area contributed by atoms with Gasteiger partial charge in [-0.25, -0.2) is 0 Å². The van der Waals surface area contributed by atoms with Crippen molar-refractivity contribution in [3.63, 3.8) is 0 Å². The molecule has 1 unspecified atom stereocenters. The van der Waals surface area contributed by atoms with Crippen molar-refractivity contribution in [2.45, 2.75) is 33.3 Å². The van der Waals surface area contributed by atoms with Gasteiger partial charge in [-0.05, 0) is 39.3 Å². The van der Waals surface area contributed by atoms with E-state index in [4.69, 9.17) is 0 Å². The molecule has 94 valence electrons. The smallest absolute Gasteiger partial charge is 0.255 e. The summed E-state index contributed by atoms with van der Waals surface area (Å²) < 4.78 is 0. The van der Waals surface area contributed by atoms with E-state index in [-0.39, 0.29) is 12.0 Å². The van der Waals surface area contributed by atoms with Gasteiger partial charge in [-0.3, -0.25) is 9.78 Å². The van der Waals surface area contributed by atoms with Crippen molar-refractivity contribution in [1.29, 1.82) is 0 Å². The molecule has 1 aromatic heterocycles. The number of hydrogen-bond acceptors (Lipinski definition) is 3. The summed E-state index contributed by atoms with van der Waals surface area (Å²) in [7, 11) is 1.74. The van der Waals surface area contributed by atoms with Crippen molar-refractivity contribution in [1.82, 2.24) is 9.88 Å². The molecule has 1 amide bonds. The maximum Gasteiger partial charge on any atom is 0.255 e. The van der Waals surface area contributed by atoms with E-state index in [0.29, 0.717) is 18.5 Å². The second-order valence-corrected chi connectivity index (χ2v) is 4.45. The average molecular weight is 236 g/mol. The van der Waals surface area contributed by atoms with E-state index in [2.05, 4.69) is 4.98 Å². The summed E-state index contributed by atoms with van der Waals surface area (Å²) >= 11 is 0. The number of carbonyl (C=O) groups excluding carboxylic acids is 1. The second kappa shape index (κ2) is 5.77. The Hall–Kier alpha value is -1.42. The fourth-order valence-corrected chi connectivity index (χ4v) is 1.60. The molecule has 1 N–H and O–H groups in total. The van der Waals surface area contributed by atoms with Crippen molar-refractivity contribution in [3.05, 3.63) is 29.1 Å². The SMILES string of the molecule is Cc1ccc(C(=O)N(C)CCC(C)O)c(C)n1. The number of amides is 1. The first-order valence-corrected chi connectivity index (χ1v) is 5.79. The largest absolute Gasteiger partial charge is 0.393 e. The van der Waals surface area contributed by atoms with Gasteiger partial charge in [-0.2, -0.15) is 0 Å². The molecule has 0 aliphatic carbocycles. The average Bonchev–Trinajstić information content (AvgIpc) is 2.25. The molecule has 0 aliphatic heterocycles. The number of nitrogens with zero attached hydrogens (tertiary/aromatic N) is 2. The Balaban J connectivity index is 2.75. The van der Waals surface area contributed by atoms with Crippen LogP contribution in [0.5, 0.6) is 0 Å². The van der Waals surface area contributed by atoms with Gasteiger partial charge in [0.2, 0.25) is 0 Å². The van der Waals surface area contributed by atoms with Crippen LogP contribution in [-0.2, 0) is 0 Å². The van der Waals surface area contributed by atoms with Crippen LogP contribution in [0.4, 0.5) is 0 Å². The maximum absolute atomic E-state index is 12.1. The third-order valence-corrected chi connectivity index (χ3v) is 2.68. The third kappa shape index (κ3) is 3.82. The molecule has 0 aromatic carbocycles. The summed E-state index contributed by atoms with van der Waals surface area (Å²) in [5, 5.41) is 9.19. The van der Waals surface area contributed by atoms with Crippen LogP contribution < -0.4 is 0 Å². The molecular weight excluding hydrogens is 216 g/mol. The molecule has 1 atom stereocenters. The lowest BCUT2D eigenvalue weighted by atomic mass is 10.1. The van der Waals surface area contributed by atoms with Crippen LogP contribution in [0.1, 0.15) is 35.1 Å². The van der Waals surface area contributed by atoms with Gasteiger partial charge < -0.3 is 10.0 Å². The molecule has 4 nitrogen and oxygen atoms in total. The molecule has 0 saturated carbocycles. The molecule has 0 bridgehead atoms. The van der Waals surface area contributed by atoms with Gasteiger partial charge in [-0.15, -0.1) is 0 Å². The van der Waals surface area contributed by atoms with E-state index >= 15 is 0 Å². The predicted molar refractivity (Wildman–Crippen MR) is 67.0 cm³/mol. The Morgan fingerprint density at radius 3 is 2.65 bits per heavy atom. The van der Waals surface area contributed by atoms with Gasteiger partial charge in [0.15, 0.2) is 0 Å². The van der Waals surface area contributed by atoms with E-state index in [1.807, 2.05) is 19.9 Å². The summed E-state index contributed by atoms with van der Waals surface area (Å²) in [4.78, 5) is 18.0. The van der Waals surface area contributed by atoms with Crippen LogP contribution in [0.3, 0.4) is 0 Å². The maximum atomic E-state index is 12.1. The van der Waals surface area contributed by atoms with E-state index in [1.54, 1.807) is 24.9 Å². The fraction of sp³-hybridized carbons (Fsp3) is 0.538. The van der Waals surface area contributed by atoms with Crippen LogP contribution in [0.25, 0.3) is 0 Å². The van der Waals surface area contributed by atoms with Crippen LogP contribution in [0.2, 0.25) is 0 Å². The molecule has 0 saturated heterocycles. The second-order valence-electron chi connectivity index (χ2n) is 4.45. The van der Waals surface area contributed by atoms with Crippen molar-refractivity contribution in [3.8, 4) is 0 Å². The normalized spacial score (nSPS) is 12.3. The van der Waals surface area contributed by atoms with Crippen LogP contribution in [0.15, 0.2) is 12.1 Å². The number of carbonyl (C=O) groups is 1. The Labute approximate surface area is 102 Å². The highest BCUT2D eigenvalue weighted by Gasteiger charge is 2.15. The van der Waals surface area contributed by atoms with Gasteiger partial charge in [0.1, 0.15) is 0 Å². The minimum absolute atomic E-state index is 0.0457. The zero-order chi connectivity index (χ0) is 13.0. The highest BCUT2D eigenvalue weighted by atomic mass is 16.3. The first-order valence-electron chi connectivity index (χ1n) is 5.79. The summed E-state index contributed by atoms with van der Waals surface area (Å²) in [6.07, 6.45) is 0.197. The lowest BCUT2D eigenvalue weighted by molar-refractivity contribution is 0.0768. The molecule has 1 rings (SSSR count). The summed E-state index contributed by atoms with van der Waals surface area (Å²) in [5.41, 5.74) is 2.29. The Morgan fingerprint density at radius 2 is 2.12 bits per heavy atom. The molecule has 0 fully saturated rings. The summed E-state index contributed by atoms with van der Waals surface area (Å²) in [6, 6.07) is 3.64. The number of aliphatic hydroxyl groups is 1. The fourth-order valence-electron chi connectivity index (χ4n) is 1.60. The van der Waals surface area contributed by atoms with Gasteiger partial charge in [0.25, 0.3) is 5.91 Å². The molecule has 1 aromatic rings. The van der Waals surface area contributed by atoms with Crippen molar-refractivity contribution in [2.75, 3.05) is 13.6 Å².